The number of hydrogen-bond donors (Lipinski definition) is 1. The molecule has 18 heavy (non-hydrogen) atoms. The zero-order valence-corrected chi connectivity index (χ0v) is 11.7. The zero-order valence-electron chi connectivity index (χ0n) is 11.7. The summed E-state index contributed by atoms with van der Waals surface area (Å²) in [6.07, 6.45) is 3.83. The van der Waals surface area contributed by atoms with Crippen molar-refractivity contribution in [2.24, 2.45) is 5.73 Å². The second-order valence-electron chi connectivity index (χ2n) is 5.67. The number of rotatable bonds is 5. The van der Waals surface area contributed by atoms with Crippen molar-refractivity contribution in [3.8, 4) is 0 Å². The lowest BCUT2D eigenvalue weighted by atomic mass is 9.93. The molecule has 1 saturated heterocycles. The van der Waals surface area contributed by atoms with Crippen LogP contribution in [0.5, 0.6) is 0 Å². The fourth-order valence-corrected chi connectivity index (χ4v) is 3.19. The first kappa shape index (κ1) is 13.6. The van der Waals surface area contributed by atoms with Gasteiger partial charge in [0.15, 0.2) is 0 Å². The Kier molecular flexibility index (Phi) is 4.79. The number of nitrogens with zero attached hydrogens (tertiary/aromatic N) is 1. The molecule has 0 spiro atoms. The average Bonchev–Trinajstić information content (AvgIpc) is 2.83. The lowest BCUT2D eigenvalue weighted by Gasteiger charge is -2.32. The van der Waals surface area contributed by atoms with Crippen molar-refractivity contribution in [3.63, 3.8) is 0 Å². The van der Waals surface area contributed by atoms with E-state index in [1.54, 1.807) is 0 Å². The standard InChI is InChI=1S/C16H26N2/c1-13(15-8-4-3-5-9-15)11-16(12-17)18-10-6-7-14(18)2/h3-5,8-9,13-14,16H,6-7,10-12,17H2,1-2H3. The Morgan fingerprint density at radius 3 is 2.61 bits per heavy atom. The molecule has 1 aromatic carbocycles. The van der Waals surface area contributed by atoms with E-state index in [9.17, 15) is 0 Å². The molecule has 2 rings (SSSR count). The molecular weight excluding hydrogens is 220 g/mol. The molecule has 2 heteroatoms. The van der Waals surface area contributed by atoms with Crippen LogP contribution in [0.25, 0.3) is 0 Å². The van der Waals surface area contributed by atoms with Crippen molar-refractivity contribution >= 4 is 0 Å². The Morgan fingerprint density at radius 2 is 2.06 bits per heavy atom. The minimum atomic E-state index is 0.540. The number of hydrogen-bond acceptors (Lipinski definition) is 2. The number of benzene rings is 1. The molecule has 0 amide bonds. The Hall–Kier alpha value is -0.860. The summed E-state index contributed by atoms with van der Waals surface area (Å²) in [5.74, 6) is 0.590. The van der Waals surface area contributed by atoms with E-state index >= 15 is 0 Å². The monoisotopic (exact) mass is 246 g/mol. The van der Waals surface area contributed by atoms with Crippen LogP contribution < -0.4 is 5.73 Å². The van der Waals surface area contributed by atoms with Crippen LogP contribution in [-0.2, 0) is 0 Å². The summed E-state index contributed by atoms with van der Waals surface area (Å²) >= 11 is 0. The van der Waals surface area contributed by atoms with Crippen molar-refractivity contribution in [2.75, 3.05) is 13.1 Å². The van der Waals surface area contributed by atoms with E-state index in [4.69, 9.17) is 5.73 Å². The van der Waals surface area contributed by atoms with Gasteiger partial charge in [-0.15, -0.1) is 0 Å². The molecule has 3 unspecified atom stereocenters. The van der Waals surface area contributed by atoms with Crippen molar-refractivity contribution in [2.45, 2.75) is 51.1 Å². The van der Waals surface area contributed by atoms with E-state index in [1.807, 2.05) is 0 Å². The topological polar surface area (TPSA) is 29.3 Å². The Labute approximate surface area is 111 Å². The van der Waals surface area contributed by atoms with E-state index in [2.05, 4.69) is 49.1 Å². The van der Waals surface area contributed by atoms with Gasteiger partial charge in [-0.3, -0.25) is 4.90 Å². The molecule has 0 aliphatic carbocycles. The molecule has 1 aliphatic heterocycles. The first-order valence-electron chi connectivity index (χ1n) is 7.23. The molecule has 0 radical (unpaired) electrons. The van der Waals surface area contributed by atoms with Crippen LogP contribution in [0, 0.1) is 0 Å². The largest absolute Gasteiger partial charge is 0.329 e. The highest BCUT2D eigenvalue weighted by atomic mass is 15.2. The lowest BCUT2D eigenvalue weighted by molar-refractivity contribution is 0.178. The molecule has 0 bridgehead atoms. The predicted molar refractivity (Wildman–Crippen MR) is 77.7 cm³/mol. The van der Waals surface area contributed by atoms with Gasteiger partial charge in [0, 0.05) is 18.6 Å². The minimum absolute atomic E-state index is 0.540. The van der Waals surface area contributed by atoms with Gasteiger partial charge in [0.25, 0.3) is 0 Å². The molecule has 100 valence electrons. The van der Waals surface area contributed by atoms with Gasteiger partial charge in [-0.05, 0) is 44.2 Å². The Balaban J connectivity index is 1.98. The van der Waals surface area contributed by atoms with Crippen LogP contribution >= 0.6 is 0 Å². The summed E-state index contributed by atoms with van der Waals surface area (Å²) in [7, 11) is 0. The predicted octanol–water partition coefficient (Wildman–Crippen LogP) is 2.99. The van der Waals surface area contributed by atoms with Gasteiger partial charge in [0.05, 0.1) is 0 Å². The zero-order chi connectivity index (χ0) is 13.0. The van der Waals surface area contributed by atoms with Gasteiger partial charge in [-0.25, -0.2) is 0 Å². The quantitative estimate of drug-likeness (QED) is 0.865. The highest BCUT2D eigenvalue weighted by Crippen LogP contribution is 2.26. The molecule has 0 saturated carbocycles. The smallest absolute Gasteiger partial charge is 0.0226 e. The van der Waals surface area contributed by atoms with Crippen LogP contribution in [0.3, 0.4) is 0 Å². The van der Waals surface area contributed by atoms with Crippen LogP contribution in [0.4, 0.5) is 0 Å². The molecule has 1 heterocycles. The molecule has 3 atom stereocenters. The maximum absolute atomic E-state index is 6.00. The summed E-state index contributed by atoms with van der Waals surface area (Å²) in [4.78, 5) is 2.61. The van der Waals surface area contributed by atoms with Gasteiger partial charge >= 0.3 is 0 Å². The fourth-order valence-electron chi connectivity index (χ4n) is 3.19. The summed E-state index contributed by atoms with van der Waals surface area (Å²) in [5.41, 5.74) is 7.43. The van der Waals surface area contributed by atoms with Gasteiger partial charge < -0.3 is 5.73 Å². The van der Waals surface area contributed by atoms with E-state index in [-0.39, 0.29) is 0 Å². The highest BCUT2D eigenvalue weighted by molar-refractivity contribution is 5.19. The lowest BCUT2D eigenvalue weighted by Crippen LogP contribution is -2.43. The molecule has 0 aromatic heterocycles. The molecule has 1 aliphatic rings. The third-order valence-electron chi connectivity index (χ3n) is 4.34. The molecule has 2 nitrogen and oxygen atoms in total. The SMILES string of the molecule is CC(CC(CN)N1CCCC1C)c1ccccc1. The Bertz CT molecular complexity index is 349. The average molecular weight is 246 g/mol. The summed E-state index contributed by atoms with van der Waals surface area (Å²) in [5, 5.41) is 0. The summed E-state index contributed by atoms with van der Waals surface area (Å²) < 4.78 is 0. The normalized spacial score (nSPS) is 24.1. The van der Waals surface area contributed by atoms with Crippen molar-refractivity contribution < 1.29 is 0 Å². The second-order valence-corrected chi connectivity index (χ2v) is 5.67. The van der Waals surface area contributed by atoms with E-state index in [1.165, 1.54) is 31.4 Å². The third kappa shape index (κ3) is 3.12. The molecule has 1 aromatic rings. The van der Waals surface area contributed by atoms with E-state index < -0.39 is 0 Å². The number of nitrogens with two attached hydrogens (primary N) is 1. The number of likely N-dealkylation sites (tertiary alicyclic amines) is 1. The van der Waals surface area contributed by atoms with Gasteiger partial charge in [0.1, 0.15) is 0 Å². The second kappa shape index (κ2) is 6.35. The molecular formula is C16H26N2. The fraction of sp³-hybridized carbons (Fsp3) is 0.625. The molecule has 2 N–H and O–H groups in total. The van der Waals surface area contributed by atoms with Gasteiger partial charge in [-0.1, -0.05) is 37.3 Å². The highest BCUT2D eigenvalue weighted by Gasteiger charge is 2.27. The third-order valence-corrected chi connectivity index (χ3v) is 4.34. The maximum atomic E-state index is 6.00. The van der Waals surface area contributed by atoms with Crippen LogP contribution in [0.1, 0.15) is 44.6 Å². The molecule has 1 fully saturated rings. The Morgan fingerprint density at radius 1 is 1.33 bits per heavy atom. The van der Waals surface area contributed by atoms with Crippen molar-refractivity contribution in [3.05, 3.63) is 35.9 Å². The first-order valence-corrected chi connectivity index (χ1v) is 7.23. The van der Waals surface area contributed by atoms with E-state index in [0.29, 0.717) is 18.0 Å². The van der Waals surface area contributed by atoms with Crippen LogP contribution in [0.2, 0.25) is 0 Å². The van der Waals surface area contributed by atoms with Crippen molar-refractivity contribution in [1.82, 2.24) is 4.90 Å². The van der Waals surface area contributed by atoms with Crippen molar-refractivity contribution in [1.29, 1.82) is 0 Å². The van der Waals surface area contributed by atoms with Crippen LogP contribution in [0.15, 0.2) is 30.3 Å². The maximum Gasteiger partial charge on any atom is 0.0226 e. The summed E-state index contributed by atoms with van der Waals surface area (Å²) in [6.45, 7) is 6.66. The first-order chi connectivity index (χ1) is 8.72. The van der Waals surface area contributed by atoms with Crippen LogP contribution in [-0.4, -0.2) is 30.1 Å². The summed E-state index contributed by atoms with van der Waals surface area (Å²) in [6, 6.07) is 12.0. The van der Waals surface area contributed by atoms with Gasteiger partial charge in [-0.2, -0.15) is 0 Å². The minimum Gasteiger partial charge on any atom is -0.329 e. The van der Waals surface area contributed by atoms with E-state index in [0.717, 1.165) is 6.54 Å². The van der Waals surface area contributed by atoms with Gasteiger partial charge in [0.2, 0.25) is 0 Å².